The van der Waals surface area contributed by atoms with E-state index in [0.29, 0.717) is 5.92 Å². The standard InChI is InChI=1S/C14H17N5OS/c1-10(8-20-2)7-15-12-3-4-13-16-17-14(19(13)18-12)11-5-6-21-9-11/h3-6,9-10H,7-8H2,1-2H3,(H,15,18). The van der Waals surface area contributed by atoms with Gasteiger partial charge in [0.15, 0.2) is 11.5 Å². The molecule has 0 saturated heterocycles. The number of fused-ring (bicyclic) bond motifs is 1. The number of thiophene rings is 1. The Balaban J connectivity index is 1.84. The number of methoxy groups -OCH3 is 1. The van der Waals surface area contributed by atoms with Gasteiger partial charge in [-0.3, -0.25) is 0 Å². The summed E-state index contributed by atoms with van der Waals surface area (Å²) in [6.45, 7) is 3.66. The lowest BCUT2D eigenvalue weighted by Crippen LogP contribution is -2.17. The topological polar surface area (TPSA) is 64.3 Å². The van der Waals surface area contributed by atoms with Gasteiger partial charge in [0.1, 0.15) is 5.82 Å². The van der Waals surface area contributed by atoms with Crippen molar-refractivity contribution in [2.45, 2.75) is 6.92 Å². The van der Waals surface area contributed by atoms with Gasteiger partial charge in [0, 0.05) is 24.6 Å². The van der Waals surface area contributed by atoms with Gasteiger partial charge in [0.25, 0.3) is 0 Å². The van der Waals surface area contributed by atoms with E-state index in [9.17, 15) is 0 Å². The fourth-order valence-electron chi connectivity index (χ4n) is 2.08. The lowest BCUT2D eigenvalue weighted by molar-refractivity contribution is 0.164. The van der Waals surface area contributed by atoms with Crippen molar-refractivity contribution in [1.82, 2.24) is 19.8 Å². The summed E-state index contributed by atoms with van der Waals surface area (Å²) in [5.74, 6) is 1.99. The lowest BCUT2D eigenvalue weighted by Gasteiger charge is -2.11. The zero-order valence-corrected chi connectivity index (χ0v) is 12.8. The minimum absolute atomic E-state index is 0.421. The molecule has 1 unspecified atom stereocenters. The number of nitrogens with zero attached hydrogens (tertiary/aromatic N) is 4. The fraction of sp³-hybridized carbons (Fsp3) is 0.357. The summed E-state index contributed by atoms with van der Waals surface area (Å²) < 4.78 is 6.90. The minimum atomic E-state index is 0.421. The Kier molecular flexibility index (Phi) is 4.12. The van der Waals surface area contributed by atoms with Crippen LogP contribution in [0.15, 0.2) is 29.0 Å². The molecule has 0 fully saturated rings. The van der Waals surface area contributed by atoms with Crippen molar-refractivity contribution in [3.8, 4) is 11.4 Å². The van der Waals surface area contributed by atoms with Crippen LogP contribution in [0.2, 0.25) is 0 Å². The molecule has 0 aliphatic rings. The van der Waals surface area contributed by atoms with Crippen LogP contribution in [0.25, 0.3) is 17.0 Å². The number of hydrogen-bond acceptors (Lipinski definition) is 6. The molecular weight excluding hydrogens is 286 g/mol. The summed E-state index contributed by atoms with van der Waals surface area (Å²) in [7, 11) is 1.71. The Labute approximate surface area is 126 Å². The largest absolute Gasteiger partial charge is 0.384 e. The Hall–Kier alpha value is -1.99. The van der Waals surface area contributed by atoms with Gasteiger partial charge in [-0.2, -0.15) is 15.9 Å². The van der Waals surface area contributed by atoms with Gasteiger partial charge in [-0.05, 0) is 29.5 Å². The van der Waals surface area contributed by atoms with Crippen molar-refractivity contribution >= 4 is 22.8 Å². The average molecular weight is 303 g/mol. The molecule has 3 heterocycles. The highest BCUT2D eigenvalue weighted by atomic mass is 32.1. The first-order chi connectivity index (χ1) is 10.3. The molecule has 0 aliphatic carbocycles. The molecule has 0 aromatic carbocycles. The average Bonchev–Trinajstić information content (AvgIpc) is 3.13. The molecule has 3 aromatic heterocycles. The van der Waals surface area contributed by atoms with Crippen molar-refractivity contribution in [3.63, 3.8) is 0 Å². The second-order valence-electron chi connectivity index (χ2n) is 4.97. The first-order valence-electron chi connectivity index (χ1n) is 6.76. The Bertz CT molecular complexity index is 709. The molecule has 0 radical (unpaired) electrons. The van der Waals surface area contributed by atoms with E-state index < -0.39 is 0 Å². The van der Waals surface area contributed by atoms with Crippen LogP contribution in [-0.4, -0.2) is 40.1 Å². The van der Waals surface area contributed by atoms with E-state index in [4.69, 9.17) is 4.74 Å². The zero-order chi connectivity index (χ0) is 14.7. The molecule has 3 rings (SSSR count). The summed E-state index contributed by atoms with van der Waals surface area (Å²) >= 11 is 1.63. The predicted octanol–water partition coefficient (Wildman–Crippen LogP) is 2.55. The Morgan fingerprint density at radius 2 is 2.24 bits per heavy atom. The highest BCUT2D eigenvalue weighted by Gasteiger charge is 2.10. The van der Waals surface area contributed by atoms with Crippen LogP contribution in [0.3, 0.4) is 0 Å². The molecular formula is C14H17N5OS. The quantitative estimate of drug-likeness (QED) is 0.758. The van der Waals surface area contributed by atoms with Crippen molar-refractivity contribution in [2.75, 3.05) is 25.6 Å². The maximum absolute atomic E-state index is 5.13. The summed E-state index contributed by atoms with van der Waals surface area (Å²) in [6, 6.07) is 5.85. The molecule has 0 saturated carbocycles. The van der Waals surface area contributed by atoms with E-state index in [1.54, 1.807) is 23.0 Å². The number of anilines is 1. The van der Waals surface area contributed by atoms with Crippen molar-refractivity contribution in [3.05, 3.63) is 29.0 Å². The van der Waals surface area contributed by atoms with E-state index in [1.807, 2.05) is 29.0 Å². The van der Waals surface area contributed by atoms with E-state index in [0.717, 1.165) is 36.0 Å². The molecule has 0 bridgehead atoms. The third kappa shape index (κ3) is 3.03. The maximum Gasteiger partial charge on any atom is 0.186 e. The minimum Gasteiger partial charge on any atom is -0.384 e. The van der Waals surface area contributed by atoms with E-state index in [2.05, 4.69) is 27.5 Å². The molecule has 0 spiro atoms. The summed E-state index contributed by atoms with van der Waals surface area (Å²) in [5.41, 5.74) is 1.77. The van der Waals surface area contributed by atoms with Gasteiger partial charge >= 0.3 is 0 Å². The molecule has 0 aliphatic heterocycles. The Morgan fingerprint density at radius 1 is 1.33 bits per heavy atom. The van der Waals surface area contributed by atoms with Crippen LogP contribution in [0, 0.1) is 5.92 Å². The summed E-state index contributed by atoms with van der Waals surface area (Å²) in [5, 5.41) is 20.3. The van der Waals surface area contributed by atoms with Gasteiger partial charge < -0.3 is 10.1 Å². The van der Waals surface area contributed by atoms with Gasteiger partial charge in [0.2, 0.25) is 0 Å². The third-order valence-corrected chi connectivity index (χ3v) is 3.81. The van der Waals surface area contributed by atoms with E-state index in [1.165, 1.54) is 0 Å². The smallest absolute Gasteiger partial charge is 0.186 e. The van der Waals surface area contributed by atoms with Crippen LogP contribution >= 0.6 is 11.3 Å². The monoisotopic (exact) mass is 303 g/mol. The molecule has 7 heteroatoms. The van der Waals surface area contributed by atoms with Gasteiger partial charge in [-0.15, -0.1) is 15.3 Å². The normalized spacial score (nSPS) is 12.7. The second-order valence-corrected chi connectivity index (χ2v) is 5.75. The molecule has 0 amide bonds. The van der Waals surface area contributed by atoms with Crippen LogP contribution < -0.4 is 5.32 Å². The highest BCUT2D eigenvalue weighted by Crippen LogP contribution is 2.20. The van der Waals surface area contributed by atoms with Crippen LogP contribution in [-0.2, 0) is 4.74 Å². The van der Waals surface area contributed by atoms with Crippen molar-refractivity contribution in [2.24, 2.45) is 5.92 Å². The second kappa shape index (κ2) is 6.19. The molecule has 21 heavy (non-hydrogen) atoms. The predicted molar refractivity (Wildman–Crippen MR) is 83.6 cm³/mol. The highest BCUT2D eigenvalue weighted by molar-refractivity contribution is 7.08. The molecule has 6 nitrogen and oxygen atoms in total. The third-order valence-electron chi connectivity index (χ3n) is 3.13. The zero-order valence-electron chi connectivity index (χ0n) is 12.0. The summed E-state index contributed by atoms with van der Waals surface area (Å²) in [4.78, 5) is 0. The number of hydrogen-bond donors (Lipinski definition) is 1. The number of rotatable bonds is 6. The van der Waals surface area contributed by atoms with E-state index in [-0.39, 0.29) is 0 Å². The van der Waals surface area contributed by atoms with Crippen LogP contribution in [0.1, 0.15) is 6.92 Å². The maximum atomic E-state index is 5.13. The first-order valence-corrected chi connectivity index (χ1v) is 7.70. The van der Waals surface area contributed by atoms with Gasteiger partial charge in [-0.25, -0.2) is 0 Å². The van der Waals surface area contributed by atoms with Crippen LogP contribution in [0.5, 0.6) is 0 Å². The number of ether oxygens (including phenoxy) is 1. The van der Waals surface area contributed by atoms with Crippen molar-refractivity contribution < 1.29 is 4.74 Å². The van der Waals surface area contributed by atoms with Crippen LogP contribution in [0.4, 0.5) is 5.82 Å². The SMILES string of the molecule is COCC(C)CNc1ccc2nnc(-c3ccsc3)n2n1. The molecule has 3 aromatic rings. The first kappa shape index (κ1) is 14.0. The van der Waals surface area contributed by atoms with Gasteiger partial charge in [-0.1, -0.05) is 6.92 Å². The molecule has 110 valence electrons. The summed E-state index contributed by atoms with van der Waals surface area (Å²) in [6.07, 6.45) is 0. The molecule has 1 N–H and O–H groups in total. The number of nitrogens with one attached hydrogen (secondary N) is 1. The van der Waals surface area contributed by atoms with Crippen molar-refractivity contribution in [1.29, 1.82) is 0 Å². The Morgan fingerprint density at radius 3 is 3.00 bits per heavy atom. The number of aromatic nitrogens is 4. The lowest BCUT2D eigenvalue weighted by atomic mass is 10.2. The fourth-order valence-corrected chi connectivity index (χ4v) is 2.71. The van der Waals surface area contributed by atoms with E-state index >= 15 is 0 Å². The molecule has 1 atom stereocenters. The van der Waals surface area contributed by atoms with Gasteiger partial charge in [0.05, 0.1) is 6.61 Å².